The molecular formula is C40H61N6O9P. The van der Waals surface area contributed by atoms with Crippen LogP contribution in [0.3, 0.4) is 0 Å². The Labute approximate surface area is 330 Å². The van der Waals surface area contributed by atoms with Crippen molar-refractivity contribution >= 4 is 19.2 Å². The third-order valence-electron chi connectivity index (χ3n) is 10.9. The van der Waals surface area contributed by atoms with Gasteiger partial charge in [-0.25, -0.2) is 14.1 Å². The molecule has 1 aliphatic heterocycles. The van der Waals surface area contributed by atoms with Gasteiger partial charge in [-0.05, 0) is 37.1 Å². The normalized spacial score (nSPS) is 24.5. The van der Waals surface area contributed by atoms with Crippen molar-refractivity contribution in [1.29, 1.82) is 5.26 Å². The number of fused-ring (bicyclic) bond motifs is 2. The number of unbranched alkanes of at least 4 members (excludes halogenated alkanes) is 15. The minimum Gasteiger partial charge on any atom is -0.386 e. The average molecular weight is 801 g/mol. The predicted octanol–water partition coefficient (Wildman–Crippen LogP) is 6.66. The average Bonchev–Trinajstić information content (AvgIpc) is 3.43. The molecule has 15 nitrogen and oxygen atoms in total. The molecule has 5 N–H and O–H groups in total. The first-order valence-corrected chi connectivity index (χ1v) is 21.9. The van der Waals surface area contributed by atoms with E-state index in [9.17, 15) is 24.9 Å². The number of ether oxygens (including phenoxy) is 3. The summed E-state index contributed by atoms with van der Waals surface area (Å²) in [6.07, 6.45) is 20.0. The van der Waals surface area contributed by atoms with Crippen molar-refractivity contribution in [1.82, 2.24) is 19.6 Å². The molecule has 1 saturated heterocycles. The Morgan fingerprint density at radius 1 is 1.00 bits per heavy atom. The SMILES string of the molecule is CCCCCCCCCCCCCCCCCCOC[C@H](COP(=O)(O)OC1[C@H]2O[C@@](C)(c3ccc4c(N)ncnn34)[C@H](O)[C@@]12O)OCc1cncc(C#N)c1. The number of hydrogen-bond donors (Lipinski definition) is 4. The first-order chi connectivity index (χ1) is 27.0. The van der Waals surface area contributed by atoms with Crippen molar-refractivity contribution in [3.05, 3.63) is 53.7 Å². The van der Waals surface area contributed by atoms with Gasteiger partial charge in [-0.1, -0.05) is 103 Å². The minimum absolute atomic E-state index is 0.0591. The summed E-state index contributed by atoms with van der Waals surface area (Å²) in [5, 5.41) is 36.1. The number of aliphatic hydroxyl groups is 2. The highest BCUT2D eigenvalue weighted by molar-refractivity contribution is 7.47. The molecule has 0 spiro atoms. The zero-order valence-corrected chi connectivity index (χ0v) is 33.9. The van der Waals surface area contributed by atoms with Gasteiger partial charge in [0.15, 0.2) is 11.4 Å². The second-order valence-corrected chi connectivity index (χ2v) is 16.8. The number of rotatable bonds is 28. The van der Waals surface area contributed by atoms with Crippen LogP contribution in [0.15, 0.2) is 36.9 Å². The smallest absolute Gasteiger partial charge is 0.386 e. The van der Waals surface area contributed by atoms with Gasteiger partial charge in [0.05, 0.1) is 31.1 Å². The first-order valence-electron chi connectivity index (χ1n) is 20.4. The van der Waals surface area contributed by atoms with Crippen LogP contribution < -0.4 is 5.73 Å². The molecule has 0 amide bonds. The summed E-state index contributed by atoms with van der Waals surface area (Å²) < 4.78 is 43.2. The third kappa shape index (κ3) is 11.6. The maximum absolute atomic E-state index is 13.1. The molecule has 0 radical (unpaired) electrons. The standard InChI is InChI=1S/C40H61N6O9P/c1-3-4-5-6-7-8-9-10-11-12-13-14-15-16-17-18-21-51-27-32(52-26-31-22-30(23-41)24-43-25-31)28-53-56(49,50)55-36-35-40(36,48)38(47)39(2,54-35)34-20-19-33-37(42)44-29-45-46(33)34/h19-20,22,24-25,29,32,35-36,38,47-48H,3-18,21,26-28H2,1-2H3,(H,49,50)(H2,42,44,45)/t32-,35-,36?,38+,39+,40+/m1/s1. The molecule has 0 aromatic carbocycles. The maximum Gasteiger partial charge on any atom is 0.472 e. The van der Waals surface area contributed by atoms with Gasteiger partial charge in [-0.2, -0.15) is 10.4 Å². The van der Waals surface area contributed by atoms with Crippen molar-refractivity contribution in [3.63, 3.8) is 0 Å². The molecule has 16 heteroatoms. The summed E-state index contributed by atoms with van der Waals surface area (Å²) in [4.78, 5) is 18.7. The van der Waals surface area contributed by atoms with Gasteiger partial charge in [-0.3, -0.25) is 14.0 Å². The lowest BCUT2D eigenvalue weighted by Gasteiger charge is -2.32. The summed E-state index contributed by atoms with van der Waals surface area (Å²) in [5.41, 5.74) is 4.45. The van der Waals surface area contributed by atoms with Crippen molar-refractivity contribution in [2.24, 2.45) is 0 Å². The molecule has 3 aromatic rings. The fourth-order valence-electron chi connectivity index (χ4n) is 7.54. The van der Waals surface area contributed by atoms with E-state index in [-0.39, 0.29) is 25.6 Å². The maximum atomic E-state index is 13.1. The van der Waals surface area contributed by atoms with Crippen LogP contribution in [0.5, 0.6) is 0 Å². The zero-order valence-electron chi connectivity index (χ0n) is 33.0. The Hall–Kier alpha value is -3.03. The molecule has 1 saturated carbocycles. The van der Waals surface area contributed by atoms with Crippen molar-refractivity contribution in [2.45, 2.75) is 159 Å². The number of nitrogens with two attached hydrogens (primary N) is 1. The molecule has 2 fully saturated rings. The molecule has 5 rings (SSSR count). The van der Waals surface area contributed by atoms with Crippen molar-refractivity contribution < 1.29 is 42.9 Å². The second kappa shape index (κ2) is 21.1. The van der Waals surface area contributed by atoms with E-state index in [4.69, 9.17) is 29.0 Å². The number of nitriles is 1. The Morgan fingerprint density at radius 3 is 2.25 bits per heavy atom. The summed E-state index contributed by atoms with van der Waals surface area (Å²) in [7, 11) is -4.78. The largest absolute Gasteiger partial charge is 0.472 e. The van der Waals surface area contributed by atoms with Crippen molar-refractivity contribution in [2.75, 3.05) is 25.6 Å². The van der Waals surface area contributed by atoms with E-state index in [1.54, 1.807) is 31.3 Å². The van der Waals surface area contributed by atoms with Crippen LogP contribution in [0.2, 0.25) is 0 Å². The number of phosphoric acid groups is 1. The lowest BCUT2D eigenvalue weighted by molar-refractivity contribution is -0.127. The van der Waals surface area contributed by atoms with Crippen LogP contribution in [-0.4, -0.2) is 84.5 Å². The number of anilines is 1. The van der Waals surface area contributed by atoms with Gasteiger partial charge < -0.3 is 35.1 Å². The molecule has 4 heterocycles. The van der Waals surface area contributed by atoms with Gasteiger partial charge in [0, 0.05) is 19.0 Å². The molecule has 310 valence electrons. The summed E-state index contributed by atoms with van der Waals surface area (Å²) >= 11 is 0. The highest BCUT2D eigenvalue weighted by atomic mass is 31.2. The minimum atomic E-state index is -4.78. The highest BCUT2D eigenvalue weighted by Crippen LogP contribution is 2.63. The van der Waals surface area contributed by atoms with Crippen LogP contribution >= 0.6 is 7.82 Å². The molecule has 2 unspecified atom stereocenters. The van der Waals surface area contributed by atoms with Crippen LogP contribution in [0.4, 0.5) is 5.82 Å². The zero-order chi connectivity index (χ0) is 40.0. The molecule has 1 aliphatic carbocycles. The number of nitrogens with zero attached hydrogens (tertiary/aromatic N) is 5. The van der Waals surface area contributed by atoms with Gasteiger partial charge in [0.1, 0.15) is 47.9 Å². The molecule has 2 aliphatic rings. The first kappa shape index (κ1) is 44.1. The molecule has 0 bridgehead atoms. The van der Waals surface area contributed by atoms with Crippen LogP contribution in [0.1, 0.15) is 133 Å². The van der Waals surface area contributed by atoms with E-state index < -0.39 is 43.4 Å². The fourth-order valence-corrected chi connectivity index (χ4v) is 8.52. The number of aromatic nitrogens is 4. The van der Waals surface area contributed by atoms with Gasteiger partial charge >= 0.3 is 7.82 Å². The summed E-state index contributed by atoms with van der Waals surface area (Å²) in [5.74, 6) is 0.228. The van der Waals surface area contributed by atoms with Gasteiger partial charge in [0.25, 0.3) is 0 Å². The highest BCUT2D eigenvalue weighted by Gasteiger charge is 2.82. The Kier molecular flexibility index (Phi) is 16.6. The quantitative estimate of drug-likeness (QED) is 0.0446. The topological polar surface area (TPSA) is 217 Å². The number of hydrogen-bond acceptors (Lipinski definition) is 13. The molecule has 7 atom stereocenters. The van der Waals surface area contributed by atoms with Crippen molar-refractivity contribution in [3.8, 4) is 6.07 Å². The predicted molar refractivity (Wildman–Crippen MR) is 209 cm³/mol. The Morgan fingerprint density at radius 2 is 1.64 bits per heavy atom. The molecule has 3 aromatic heterocycles. The number of phosphoric ester groups is 1. The lowest BCUT2D eigenvalue weighted by Crippen LogP contribution is -2.46. The van der Waals surface area contributed by atoms with Gasteiger partial charge in [0.2, 0.25) is 0 Å². The number of aliphatic hydroxyl groups excluding tert-OH is 1. The third-order valence-corrected chi connectivity index (χ3v) is 11.9. The monoisotopic (exact) mass is 800 g/mol. The fraction of sp³-hybridized carbons (Fsp3) is 0.700. The van der Waals surface area contributed by atoms with E-state index in [0.717, 1.165) is 19.3 Å². The van der Waals surface area contributed by atoms with Crippen LogP contribution in [0.25, 0.3) is 5.52 Å². The Bertz CT molecular complexity index is 1760. The number of nitrogen functional groups attached to an aromatic ring is 1. The number of pyridine rings is 1. The Balaban J connectivity index is 1.02. The van der Waals surface area contributed by atoms with Gasteiger partial charge in [-0.15, -0.1) is 0 Å². The summed E-state index contributed by atoms with van der Waals surface area (Å²) in [6, 6.07) is 7.02. The van der Waals surface area contributed by atoms with E-state index in [1.165, 1.54) is 101 Å². The molecule has 56 heavy (non-hydrogen) atoms. The van der Waals surface area contributed by atoms with E-state index in [1.807, 2.05) is 6.07 Å². The van der Waals surface area contributed by atoms with E-state index in [0.29, 0.717) is 28.9 Å². The summed E-state index contributed by atoms with van der Waals surface area (Å²) in [6.45, 7) is 4.11. The molecular weight excluding hydrogens is 739 g/mol. The lowest BCUT2D eigenvalue weighted by atomic mass is 9.91. The second-order valence-electron chi connectivity index (χ2n) is 15.4. The van der Waals surface area contributed by atoms with Crippen LogP contribution in [-0.2, 0) is 40.0 Å². The van der Waals surface area contributed by atoms with Crippen LogP contribution in [0, 0.1) is 11.3 Å². The van der Waals surface area contributed by atoms with E-state index in [2.05, 4.69) is 22.0 Å². The van der Waals surface area contributed by atoms with E-state index >= 15 is 0 Å².